The van der Waals surface area contributed by atoms with Gasteiger partial charge in [0.1, 0.15) is 6.54 Å². The van der Waals surface area contributed by atoms with Crippen molar-refractivity contribution in [1.29, 1.82) is 0 Å². The van der Waals surface area contributed by atoms with Crippen molar-refractivity contribution in [2.45, 2.75) is 6.61 Å². The lowest BCUT2D eigenvalue weighted by Gasteiger charge is -2.12. The summed E-state index contributed by atoms with van der Waals surface area (Å²) < 4.78 is 10.5. The number of fused-ring (bicyclic) bond motifs is 1. The molecule has 1 aromatic heterocycles. The fourth-order valence-corrected chi connectivity index (χ4v) is 2.71. The molecule has 1 aliphatic heterocycles. The summed E-state index contributed by atoms with van der Waals surface area (Å²) in [6.07, 6.45) is 0. The van der Waals surface area contributed by atoms with Crippen molar-refractivity contribution < 1.29 is 23.5 Å². The highest BCUT2D eigenvalue weighted by Gasteiger charge is 2.36. The number of carbonyl (C=O) groups excluding carboxylic acids is 3. The van der Waals surface area contributed by atoms with E-state index in [2.05, 4.69) is 10.2 Å². The minimum atomic E-state index is -0.746. The maximum Gasteiger partial charge on any atom is 0.326 e. The van der Waals surface area contributed by atoms with Crippen LogP contribution in [0.2, 0.25) is 0 Å². The second kappa shape index (κ2) is 6.83. The Balaban J connectivity index is 1.37. The maximum absolute atomic E-state index is 12.2. The van der Waals surface area contributed by atoms with Crippen LogP contribution >= 0.6 is 0 Å². The van der Waals surface area contributed by atoms with Gasteiger partial charge in [0.25, 0.3) is 17.7 Å². The minimum Gasteiger partial charge on any atom is -0.454 e. The first-order valence-electron chi connectivity index (χ1n) is 8.12. The Kier molecular flexibility index (Phi) is 4.21. The SMILES string of the molecule is O=C(CN1C(=O)c2ccccc2C1=O)OCc1nnc(-c2ccccc2)o1. The number of amides is 2. The topological polar surface area (TPSA) is 103 Å². The van der Waals surface area contributed by atoms with Gasteiger partial charge in [-0.1, -0.05) is 30.3 Å². The largest absolute Gasteiger partial charge is 0.454 e. The number of hydrogen-bond acceptors (Lipinski definition) is 7. The standard InChI is InChI=1S/C19H13N3O5/c23-16(10-22-18(24)13-8-4-5-9-14(13)19(22)25)26-11-15-20-21-17(27-15)12-6-2-1-3-7-12/h1-9H,10-11H2. The number of ether oxygens (including phenoxy) is 1. The molecule has 0 spiro atoms. The smallest absolute Gasteiger partial charge is 0.326 e. The van der Waals surface area contributed by atoms with Crippen LogP contribution in [0.5, 0.6) is 0 Å². The lowest BCUT2D eigenvalue weighted by Crippen LogP contribution is -2.35. The lowest BCUT2D eigenvalue weighted by atomic mass is 10.1. The van der Waals surface area contributed by atoms with Crippen LogP contribution in [0.4, 0.5) is 0 Å². The second-order valence-electron chi connectivity index (χ2n) is 5.77. The number of rotatable bonds is 5. The Labute approximate surface area is 153 Å². The van der Waals surface area contributed by atoms with Crippen LogP contribution in [0.3, 0.4) is 0 Å². The van der Waals surface area contributed by atoms with Gasteiger partial charge < -0.3 is 9.15 Å². The Bertz CT molecular complexity index is 994. The molecule has 2 aromatic carbocycles. The van der Waals surface area contributed by atoms with Gasteiger partial charge in [-0.15, -0.1) is 10.2 Å². The van der Waals surface area contributed by atoms with Gasteiger partial charge in [0.2, 0.25) is 5.89 Å². The predicted molar refractivity (Wildman–Crippen MR) is 91.3 cm³/mol. The molecular weight excluding hydrogens is 350 g/mol. The van der Waals surface area contributed by atoms with E-state index in [1.807, 2.05) is 30.3 Å². The summed E-state index contributed by atoms with van der Waals surface area (Å²) in [5.41, 5.74) is 1.30. The van der Waals surface area contributed by atoms with Gasteiger partial charge in [0, 0.05) is 5.56 Å². The quantitative estimate of drug-likeness (QED) is 0.505. The van der Waals surface area contributed by atoms with Gasteiger partial charge in [-0.3, -0.25) is 19.3 Å². The molecule has 2 heterocycles. The third-order valence-electron chi connectivity index (χ3n) is 4.01. The van der Waals surface area contributed by atoms with Crippen molar-refractivity contribution in [2.24, 2.45) is 0 Å². The highest BCUT2D eigenvalue weighted by Crippen LogP contribution is 2.22. The van der Waals surface area contributed by atoms with E-state index in [1.54, 1.807) is 24.3 Å². The number of imide groups is 1. The number of aromatic nitrogens is 2. The average molecular weight is 363 g/mol. The van der Waals surface area contributed by atoms with Crippen LogP contribution in [0, 0.1) is 0 Å². The van der Waals surface area contributed by atoms with E-state index in [-0.39, 0.29) is 23.6 Å². The van der Waals surface area contributed by atoms with E-state index in [0.717, 1.165) is 10.5 Å². The predicted octanol–water partition coefficient (Wildman–Crippen LogP) is 2.08. The van der Waals surface area contributed by atoms with Crippen molar-refractivity contribution in [3.05, 3.63) is 71.6 Å². The van der Waals surface area contributed by atoms with Gasteiger partial charge in [-0.2, -0.15) is 0 Å². The average Bonchev–Trinajstić information content (AvgIpc) is 3.27. The Morgan fingerprint density at radius 3 is 2.22 bits per heavy atom. The molecule has 0 unspecified atom stereocenters. The molecule has 8 nitrogen and oxygen atoms in total. The Morgan fingerprint density at radius 2 is 1.56 bits per heavy atom. The molecule has 0 saturated heterocycles. The van der Waals surface area contributed by atoms with Crippen molar-refractivity contribution in [1.82, 2.24) is 15.1 Å². The molecule has 2 amide bonds. The van der Waals surface area contributed by atoms with Crippen molar-refractivity contribution in [3.8, 4) is 11.5 Å². The molecule has 0 atom stereocenters. The normalized spacial score (nSPS) is 13.0. The number of benzene rings is 2. The second-order valence-corrected chi connectivity index (χ2v) is 5.77. The first-order chi connectivity index (χ1) is 13.1. The third-order valence-corrected chi connectivity index (χ3v) is 4.01. The monoisotopic (exact) mass is 363 g/mol. The summed E-state index contributed by atoms with van der Waals surface area (Å²) in [6.45, 7) is -0.728. The van der Waals surface area contributed by atoms with E-state index >= 15 is 0 Å². The van der Waals surface area contributed by atoms with Crippen LogP contribution in [-0.2, 0) is 16.1 Å². The van der Waals surface area contributed by atoms with Gasteiger partial charge in [-0.05, 0) is 24.3 Å². The van der Waals surface area contributed by atoms with E-state index in [0.29, 0.717) is 5.89 Å². The van der Waals surface area contributed by atoms with Gasteiger partial charge in [-0.25, -0.2) is 0 Å². The van der Waals surface area contributed by atoms with Crippen LogP contribution in [0.25, 0.3) is 11.5 Å². The molecular formula is C19H13N3O5. The summed E-state index contributed by atoms with van der Waals surface area (Å²) in [6, 6.07) is 15.6. The van der Waals surface area contributed by atoms with E-state index in [4.69, 9.17) is 9.15 Å². The van der Waals surface area contributed by atoms with Gasteiger partial charge in [0.15, 0.2) is 6.61 Å². The zero-order valence-electron chi connectivity index (χ0n) is 14.0. The lowest BCUT2D eigenvalue weighted by molar-refractivity contribution is -0.145. The molecule has 0 fully saturated rings. The van der Waals surface area contributed by atoms with Crippen LogP contribution in [0.15, 0.2) is 59.0 Å². The van der Waals surface area contributed by atoms with Crippen molar-refractivity contribution >= 4 is 17.8 Å². The molecule has 4 rings (SSSR count). The first kappa shape index (κ1) is 16.6. The molecule has 3 aromatic rings. The van der Waals surface area contributed by atoms with Crippen molar-refractivity contribution in [2.75, 3.05) is 6.54 Å². The Hall–Kier alpha value is -3.81. The summed E-state index contributed by atoms with van der Waals surface area (Å²) in [5, 5.41) is 7.71. The van der Waals surface area contributed by atoms with Crippen molar-refractivity contribution in [3.63, 3.8) is 0 Å². The van der Waals surface area contributed by atoms with Crippen LogP contribution in [-0.4, -0.2) is 39.4 Å². The van der Waals surface area contributed by atoms with Crippen LogP contribution in [0.1, 0.15) is 26.6 Å². The molecule has 0 saturated carbocycles. The molecule has 134 valence electrons. The fraction of sp³-hybridized carbons (Fsp3) is 0.105. The number of nitrogens with zero attached hydrogens (tertiary/aromatic N) is 3. The molecule has 0 bridgehead atoms. The number of hydrogen-bond donors (Lipinski definition) is 0. The zero-order valence-corrected chi connectivity index (χ0v) is 14.0. The molecule has 27 heavy (non-hydrogen) atoms. The van der Waals surface area contributed by atoms with Crippen LogP contribution < -0.4 is 0 Å². The summed E-state index contributed by atoms with van der Waals surface area (Å²) in [7, 11) is 0. The molecule has 0 aliphatic carbocycles. The van der Waals surface area contributed by atoms with Gasteiger partial charge >= 0.3 is 5.97 Å². The number of carbonyl (C=O) groups is 3. The van der Waals surface area contributed by atoms with E-state index < -0.39 is 24.3 Å². The summed E-state index contributed by atoms with van der Waals surface area (Å²) in [4.78, 5) is 37.4. The molecule has 8 heteroatoms. The fourth-order valence-electron chi connectivity index (χ4n) is 2.71. The molecule has 1 aliphatic rings. The van der Waals surface area contributed by atoms with Gasteiger partial charge in [0.05, 0.1) is 11.1 Å². The first-order valence-corrected chi connectivity index (χ1v) is 8.12. The molecule has 0 radical (unpaired) electrons. The summed E-state index contributed by atoms with van der Waals surface area (Å²) >= 11 is 0. The number of esters is 1. The summed E-state index contributed by atoms with van der Waals surface area (Å²) in [5.74, 6) is -1.36. The third kappa shape index (κ3) is 3.20. The minimum absolute atomic E-state index is 0.115. The Morgan fingerprint density at radius 1 is 0.926 bits per heavy atom. The van der Waals surface area contributed by atoms with E-state index in [9.17, 15) is 14.4 Å². The van der Waals surface area contributed by atoms with E-state index in [1.165, 1.54) is 0 Å². The molecule has 0 N–H and O–H groups in total. The highest BCUT2D eigenvalue weighted by molar-refractivity contribution is 6.22. The highest BCUT2D eigenvalue weighted by atomic mass is 16.5. The zero-order chi connectivity index (χ0) is 18.8. The maximum atomic E-state index is 12.2.